The number of nitrogens with zero attached hydrogens (tertiary/aromatic N) is 1. The maximum Gasteiger partial charge on any atom is 0.0616 e. The van der Waals surface area contributed by atoms with E-state index < -0.39 is 0 Å². The minimum absolute atomic E-state index is 0.404. The molecule has 1 aromatic heterocycles. The summed E-state index contributed by atoms with van der Waals surface area (Å²) in [4.78, 5) is 0. The second kappa shape index (κ2) is 16.5. The van der Waals surface area contributed by atoms with Crippen LogP contribution in [0, 0.1) is 5.92 Å². The number of hydrogen-bond acceptors (Lipinski definition) is 0. The molecule has 0 saturated carbocycles. The highest BCUT2D eigenvalue weighted by atomic mass is 15.0. The van der Waals surface area contributed by atoms with Crippen LogP contribution in [0.5, 0.6) is 0 Å². The van der Waals surface area contributed by atoms with Crippen molar-refractivity contribution in [3.8, 4) is 55.6 Å². The van der Waals surface area contributed by atoms with Crippen LogP contribution in [0.3, 0.4) is 0 Å². The summed E-state index contributed by atoms with van der Waals surface area (Å²) in [6.07, 6.45) is 29.8. The van der Waals surface area contributed by atoms with Gasteiger partial charge in [0.25, 0.3) is 0 Å². The average molecular weight is 822 g/mol. The Bertz CT molecular complexity index is 3290. The molecule has 0 amide bonds. The molecule has 0 bridgehead atoms. The third-order valence-corrected chi connectivity index (χ3v) is 14.1. The maximum atomic E-state index is 2.56. The fraction of sp³-hybridized carbons (Fsp3) is 0.143. The fourth-order valence-electron chi connectivity index (χ4n) is 11.0. The molecular formula is C63H51N. The van der Waals surface area contributed by atoms with E-state index in [-0.39, 0.29) is 0 Å². The average Bonchev–Trinajstić information content (AvgIpc) is 3.61. The number of allylic oxidation sites excluding steroid dienone is 12. The zero-order valence-electron chi connectivity index (χ0n) is 36.3. The largest absolute Gasteiger partial charge is 0.309 e. The van der Waals surface area contributed by atoms with Gasteiger partial charge in [-0.15, -0.1) is 0 Å². The number of hydrogen-bond donors (Lipinski definition) is 0. The number of aromatic nitrogens is 1. The van der Waals surface area contributed by atoms with Crippen molar-refractivity contribution >= 4 is 33.1 Å². The zero-order chi connectivity index (χ0) is 42.4. The van der Waals surface area contributed by atoms with Crippen LogP contribution in [-0.2, 0) is 12.8 Å². The van der Waals surface area contributed by atoms with Crippen LogP contribution in [0.2, 0.25) is 0 Å². The van der Waals surface area contributed by atoms with Gasteiger partial charge in [0.1, 0.15) is 0 Å². The molecule has 0 radical (unpaired) electrons. The van der Waals surface area contributed by atoms with Gasteiger partial charge in [0.05, 0.1) is 11.0 Å². The van der Waals surface area contributed by atoms with E-state index in [1.807, 2.05) is 0 Å². The Morgan fingerprint density at radius 2 is 1.08 bits per heavy atom. The fourth-order valence-corrected chi connectivity index (χ4v) is 11.0. The van der Waals surface area contributed by atoms with Crippen LogP contribution in [0.4, 0.5) is 0 Å². The van der Waals surface area contributed by atoms with Gasteiger partial charge in [-0.25, -0.2) is 0 Å². The van der Waals surface area contributed by atoms with E-state index >= 15 is 0 Å². The summed E-state index contributed by atoms with van der Waals surface area (Å²) in [7, 11) is 0. The van der Waals surface area contributed by atoms with Crippen molar-refractivity contribution in [3.05, 3.63) is 229 Å². The molecule has 1 heteroatoms. The Kier molecular flexibility index (Phi) is 9.90. The van der Waals surface area contributed by atoms with Crippen LogP contribution < -0.4 is 0 Å². The summed E-state index contributed by atoms with van der Waals surface area (Å²) in [6, 6.07) is 57.5. The Hall–Kier alpha value is -7.22. The lowest BCUT2D eigenvalue weighted by atomic mass is 9.83. The molecule has 1 atom stereocenters. The van der Waals surface area contributed by atoms with Crippen LogP contribution in [0.15, 0.2) is 212 Å². The highest BCUT2D eigenvalue weighted by Gasteiger charge is 2.28. The van der Waals surface area contributed by atoms with Crippen LogP contribution in [-0.4, -0.2) is 4.57 Å². The topological polar surface area (TPSA) is 4.93 Å². The van der Waals surface area contributed by atoms with E-state index in [4.69, 9.17) is 0 Å². The summed E-state index contributed by atoms with van der Waals surface area (Å²) in [5, 5.41) is 2.60. The van der Waals surface area contributed by atoms with Gasteiger partial charge in [0.2, 0.25) is 0 Å². The van der Waals surface area contributed by atoms with Crippen molar-refractivity contribution in [2.24, 2.45) is 5.92 Å². The summed E-state index contributed by atoms with van der Waals surface area (Å²) in [6.45, 7) is 0. The molecule has 0 spiro atoms. The monoisotopic (exact) mass is 821 g/mol. The number of benzene rings is 7. The molecule has 308 valence electrons. The van der Waals surface area contributed by atoms with Crippen LogP contribution >= 0.6 is 0 Å². The summed E-state index contributed by atoms with van der Waals surface area (Å²) in [5.41, 5.74) is 23.8. The minimum Gasteiger partial charge on any atom is -0.309 e. The summed E-state index contributed by atoms with van der Waals surface area (Å²) >= 11 is 0. The minimum atomic E-state index is 0.404. The van der Waals surface area contributed by atoms with Gasteiger partial charge in [-0.3, -0.25) is 0 Å². The predicted molar refractivity (Wildman–Crippen MR) is 273 cm³/mol. The Morgan fingerprint density at radius 1 is 0.438 bits per heavy atom. The summed E-state index contributed by atoms with van der Waals surface area (Å²) in [5.74, 6) is 0.404. The molecule has 1 unspecified atom stereocenters. The first-order valence-electron chi connectivity index (χ1n) is 23.4. The highest BCUT2D eigenvalue weighted by Crippen LogP contribution is 2.47. The normalized spacial score (nSPS) is 16.8. The molecule has 8 aromatic rings. The van der Waals surface area contributed by atoms with Gasteiger partial charge >= 0.3 is 0 Å². The molecule has 0 fully saturated rings. The van der Waals surface area contributed by atoms with E-state index in [2.05, 4.69) is 211 Å². The Balaban J connectivity index is 1.09. The smallest absolute Gasteiger partial charge is 0.0616 e. The van der Waals surface area contributed by atoms with Gasteiger partial charge in [-0.05, 0) is 184 Å². The van der Waals surface area contributed by atoms with Gasteiger partial charge in [-0.1, -0.05) is 158 Å². The lowest BCUT2D eigenvalue weighted by molar-refractivity contribution is 0.620. The molecule has 1 nitrogen and oxygen atoms in total. The molecule has 12 rings (SSSR count). The van der Waals surface area contributed by atoms with E-state index in [0.29, 0.717) is 5.92 Å². The standard InChI is InChI=1S/C63H51N/c1-7-19-43(20-8-1)51-35-50-32-31-48(36-56(50)59-41-52(44-21-9-2-10-22-44)38-55(58(59)40-51)46-25-13-4-14-26-46)49-33-34-62-60(37-49)61-42-53(45-23-11-3-12-24-45)39-57(47-27-15-5-16-28-47)63(61)64(62)54-29-17-6-18-30-54/h2-5,7,9-15,17,19-27,29-34,36-39,41-42,51H,1,6,8,16,18,28,35,40H2. The van der Waals surface area contributed by atoms with Crippen molar-refractivity contribution in [2.75, 3.05) is 0 Å². The van der Waals surface area contributed by atoms with E-state index in [1.165, 1.54) is 111 Å². The first kappa shape index (κ1) is 38.5. The van der Waals surface area contributed by atoms with Crippen molar-refractivity contribution < 1.29 is 0 Å². The van der Waals surface area contributed by atoms with Gasteiger partial charge < -0.3 is 4.57 Å². The van der Waals surface area contributed by atoms with Crippen molar-refractivity contribution in [1.82, 2.24) is 4.57 Å². The highest BCUT2D eigenvalue weighted by molar-refractivity contribution is 6.16. The summed E-state index contributed by atoms with van der Waals surface area (Å²) < 4.78 is 2.56. The quantitative estimate of drug-likeness (QED) is 0.151. The molecule has 0 aliphatic heterocycles. The van der Waals surface area contributed by atoms with Crippen LogP contribution in [0.25, 0.3) is 88.7 Å². The third kappa shape index (κ3) is 6.97. The number of fused-ring (bicyclic) bond motifs is 6. The second-order valence-corrected chi connectivity index (χ2v) is 18.1. The first-order chi connectivity index (χ1) is 31.7. The van der Waals surface area contributed by atoms with E-state index in [9.17, 15) is 0 Å². The number of rotatable bonds is 7. The van der Waals surface area contributed by atoms with Crippen molar-refractivity contribution in [3.63, 3.8) is 0 Å². The Morgan fingerprint density at radius 3 is 1.78 bits per heavy atom. The van der Waals surface area contributed by atoms with Gasteiger partial charge in [0.15, 0.2) is 0 Å². The van der Waals surface area contributed by atoms with Gasteiger partial charge in [-0.2, -0.15) is 0 Å². The van der Waals surface area contributed by atoms with Crippen LogP contribution in [0.1, 0.15) is 55.2 Å². The van der Waals surface area contributed by atoms with Crippen molar-refractivity contribution in [2.45, 2.75) is 51.4 Å². The molecule has 64 heavy (non-hydrogen) atoms. The van der Waals surface area contributed by atoms with E-state index in [0.717, 1.165) is 51.4 Å². The zero-order valence-corrected chi connectivity index (χ0v) is 36.3. The molecule has 7 aromatic carbocycles. The maximum absolute atomic E-state index is 2.56. The lowest BCUT2D eigenvalue weighted by Gasteiger charge is -2.21. The molecule has 1 heterocycles. The Labute approximate surface area is 377 Å². The molecular weight excluding hydrogens is 771 g/mol. The molecule has 0 N–H and O–H groups in total. The molecule has 4 aliphatic rings. The lowest BCUT2D eigenvalue weighted by Crippen LogP contribution is -2.11. The van der Waals surface area contributed by atoms with E-state index in [1.54, 1.807) is 0 Å². The van der Waals surface area contributed by atoms with Gasteiger partial charge in [0, 0.05) is 22.0 Å². The molecule has 4 aliphatic carbocycles. The first-order valence-corrected chi connectivity index (χ1v) is 23.4. The SMILES string of the molecule is C1=CCCC(c2cc(-c3ccccc3)cc3c4cc(-c5ccc6c(c5)-c5cc(-c7ccccc7)cc(-c7ccccc7)c5CC(C5=CCCC=C5)C6)ccc4n(C4=CCCC=C4)c23)=C1. The predicted octanol–water partition coefficient (Wildman–Crippen LogP) is 17.0. The third-order valence-electron chi connectivity index (χ3n) is 14.1. The second-order valence-electron chi connectivity index (χ2n) is 18.1. The molecule has 0 saturated heterocycles. The van der Waals surface area contributed by atoms with Crippen molar-refractivity contribution in [1.29, 1.82) is 0 Å².